The number of amides is 1. The Morgan fingerprint density at radius 1 is 1.18 bits per heavy atom. The van der Waals surface area contributed by atoms with Crippen LogP contribution < -0.4 is 10.1 Å². The average molecular weight is 579 g/mol. The van der Waals surface area contributed by atoms with E-state index in [-0.39, 0.29) is 46.2 Å². The molecule has 8 nitrogen and oxygen atoms in total. The molecule has 3 aromatic rings. The van der Waals surface area contributed by atoms with Gasteiger partial charge in [-0.3, -0.25) is 9.78 Å². The third-order valence-corrected chi connectivity index (χ3v) is 9.31. The Balaban J connectivity index is 1.67. The van der Waals surface area contributed by atoms with E-state index >= 15 is 0 Å². The number of methoxy groups -OCH3 is 1. The van der Waals surface area contributed by atoms with Crippen molar-refractivity contribution in [3.05, 3.63) is 70.6 Å². The molecule has 0 aliphatic heterocycles. The first-order valence-corrected chi connectivity index (χ1v) is 14.7. The van der Waals surface area contributed by atoms with Gasteiger partial charge in [-0.1, -0.05) is 38.8 Å². The lowest BCUT2D eigenvalue weighted by molar-refractivity contribution is -0.139. The summed E-state index contributed by atoms with van der Waals surface area (Å²) >= 11 is 0. The molecule has 0 radical (unpaired) electrons. The molecule has 4 rings (SSSR count). The Kier molecular flexibility index (Phi) is 8.30. The number of imidazole rings is 1. The largest absolute Gasteiger partial charge is 0.496 e. The van der Waals surface area contributed by atoms with Crippen LogP contribution in [-0.4, -0.2) is 41.7 Å². The average Bonchev–Trinajstić information content (AvgIpc) is 3.51. The highest BCUT2D eigenvalue weighted by Gasteiger charge is 2.40. The minimum Gasteiger partial charge on any atom is -0.496 e. The maximum atomic E-state index is 14.1. The van der Waals surface area contributed by atoms with E-state index in [0.717, 1.165) is 25.7 Å². The van der Waals surface area contributed by atoms with Gasteiger partial charge in [0.2, 0.25) is 0 Å². The van der Waals surface area contributed by atoms with E-state index in [0.29, 0.717) is 17.2 Å². The van der Waals surface area contributed by atoms with Crippen molar-refractivity contribution in [1.29, 1.82) is 0 Å². The summed E-state index contributed by atoms with van der Waals surface area (Å²) in [5, 5.41) is 2.76. The number of hydrogen-bond donors (Lipinski definition) is 1. The second-order valence-electron chi connectivity index (χ2n) is 10.3. The normalized spacial score (nSPS) is 15.3. The summed E-state index contributed by atoms with van der Waals surface area (Å²) in [6.07, 6.45) is 0.175. The second-order valence-corrected chi connectivity index (χ2v) is 12.6. The van der Waals surface area contributed by atoms with Crippen molar-refractivity contribution in [2.75, 3.05) is 12.9 Å². The van der Waals surface area contributed by atoms with E-state index in [4.69, 9.17) is 9.72 Å². The zero-order valence-corrected chi connectivity index (χ0v) is 23.7. The zero-order valence-electron chi connectivity index (χ0n) is 22.9. The number of pyridine rings is 1. The minimum absolute atomic E-state index is 0.0217. The summed E-state index contributed by atoms with van der Waals surface area (Å²) in [6.45, 7) is 5.16. The molecular formula is C28H33F3N4O4S. The Bertz CT molecular complexity index is 1490. The highest BCUT2D eigenvalue weighted by atomic mass is 32.2. The molecule has 2 heterocycles. The van der Waals surface area contributed by atoms with Crippen LogP contribution in [0.3, 0.4) is 0 Å². The molecule has 1 fully saturated rings. The van der Waals surface area contributed by atoms with Gasteiger partial charge < -0.3 is 14.6 Å². The SMILES string of the molecule is CCS(=O)(=O)c1ccc(CNC(=O)c2nc(C3(C)CCCC3)n(Cc3cccc(OC)c3C(F)(F)F)c2C)nc1. The monoisotopic (exact) mass is 578 g/mol. The van der Waals surface area contributed by atoms with Crippen LogP contribution in [0, 0.1) is 6.92 Å². The summed E-state index contributed by atoms with van der Waals surface area (Å²) in [5.74, 6) is -0.225. The number of ether oxygens (including phenoxy) is 1. The van der Waals surface area contributed by atoms with E-state index in [1.165, 1.54) is 43.6 Å². The summed E-state index contributed by atoms with van der Waals surface area (Å²) in [5.41, 5.74) is -0.177. The highest BCUT2D eigenvalue weighted by molar-refractivity contribution is 7.91. The number of carbonyl (C=O) groups is 1. The van der Waals surface area contributed by atoms with Gasteiger partial charge >= 0.3 is 6.18 Å². The van der Waals surface area contributed by atoms with Crippen molar-refractivity contribution in [3.63, 3.8) is 0 Å². The zero-order chi connectivity index (χ0) is 29.3. The number of aromatic nitrogens is 3. The molecule has 2 aromatic heterocycles. The molecule has 1 amide bonds. The van der Waals surface area contributed by atoms with Gasteiger partial charge in [0.1, 0.15) is 22.8 Å². The third kappa shape index (κ3) is 5.86. The van der Waals surface area contributed by atoms with Gasteiger partial charge in [-0.15, -0.1) is 0 Å². The van der Waals surface area contributed by atoms with Crippen molar-refractivity contribution >= 4 is 15.7 Å². The number of rotatable bonds is 9. The number of sulfone groups is 1. The fourth-order valence-corrected chi connectivity index (χ4v) is 6.10. The van der Waals surface area contributed by atoms with Crippen LogP contribution in [0.25, 0.3) is 0 Å². The molecule has 1 aliphatic carbocycles. The fourth-order valence-electron chi connectivity index (χ4n) is 5.27. The topological polar surface area (TPSA) is 103 Å². The predicted molar refractivity (Wildman–Crippen MR) is 143 cm³/mol. The van der Waals surface area contributed by atoms with Gasteiger partial charge in [-0.05, 0) is 43.5 Å². The van der Waals surface area contributed by atoms with Crippen molar-refractivity contribution in [3.8, 4) is 5.75 Å². The molecule has 1 aliphatic rings. The van der Waals surface area contributed by atoms with Gasteiger partial charge in [-0.25, -0.2) is 13.4 Å². The first kappa shape index (κ1) is 29.6. The van der Waals surface area contributed by atoms with Crippen LogP contribution in [0.5, 0.6) is 5.75 Å². The van der Waals surface area contributed by atoms with Crippen LogP contribution in [0.2, 0.25) is 0 Å². The number of benzene rings is 1. The number of hydrogen-bond acceptors (Lipinski definition) is 6. The van der Waals surface area contributed by atoms with E-state index in [2.05, 4.69) is 10.3 Å². The van der Waals surface area contributed by atoms with Gasteiger partial charge in [0, 0.05) is 23.9 Å². The van der Waals surface area contributed by atoms with Gasteiger partial charge in [0.25, 0.3) is 5.91 Å². The molecule has 12 heteroatoms. The maximum absolute atomic E-state index is 14.1. The molecule has 0 spiro atoms. The van der Waals surface area contributed by atoms with Crippen LogP contribution in [-0.2, 0) is 34.5 Å². The van der Waals surface area contributed by atoms with E-state index in [1.807, 2.05) is 6.92 Å². The second kappa shape index (κ2) is 11.2. The number of nitrogens with one attached hydrogen (secondary N) is 1. The summed E-state index contributed by atoms with van der Waals surface area (Å²) < 4.78 is 73.0. The summed E-state index contributed by atoms with van der Waals surface area (Å²) in [6, 6.07) is 7.19. The molecular weight excluding hydrogens is 545 g/mol. The molecule has 0 bridgehead atoms. The smallest absolute Gasteiger partial charge is 0.420 e. The Morgan fingerprint density at radius 2 is 1.88 bits per heavy atom. The molecule has 0 saturated heterocycles. The van der Waals surface area contributed by atoms with Crippen LogP contribution in [0.4, 0.5) is 13.2 Å². The molecule has 0 atom stereocenters. The Hall–Kier alpha value is -3.41. The first-order valence-electron chi connectivity index (χ1n) is 13.1. The van der Waals surface area contributed by atoms with Gasteiger partial charge in [0.05, 0.1) is 30.0 Å². The van der Waals surface area contributed by atoms with Gasteiger partial charge in [0.15, 0.2) is 9.84 Å². The fraction of sp³-hybridized carbons (Fsp3) is 0.464. The van der Waals surface area contributed by atoms with E-state index < -0.39 is 27.5 Å². The molecule has 1 N–H and O–H groups in total. The lowest BCUT2D eigenvalue weighted by Crippen LogP contribution is -2.25. The maximum Gasteiger partial charge on any atom is 0.420 e. The Morgan fingerprint density at radius 3 is 2.45 bits per heavy atom. The van der Waals surface area contributed by atoms with E-state index in [9.17, 15) is 26.4 Å². The number of nitrogens with zero attached hydrogens (tertiary/aromatic N) is 3. The first-order chi connectivity index (χ1) is 18.8. The van der Waals surface area contributed by atoms with Crippen molar-refractivity contribution in [1.82, 2.24) is 19.9 Å². The van der Waals surface area contributed by atoms with E-state index in [1.54, 1.807) is 18.4 Å². The molecule has 1 aromatic carbocycles. The molecule has 40 heavy (non-hydrogen) atoms. The Labute approximate surface area is 231 Å². The quantitative estimate of drug-likeness (QED) is 0.374. The molecule has 216 valence electrons. The van der Waals surface area contributed by atoms with Gasteiger partial charge in [-0.2, -0.15) is 13.2 Å². The molecule has 0 unspecified atom stereocenters. The lowest BCUT2D eigenvalue weighted by Gasteiger charge is -2.25. The standard InChI is InChI=1S/C28H33F3N4O4S/c1-5-40(37,38)21-12-11-20(32-16-21)15-33-25(36)24-18(2)35(26(34-24)27(3)13-6-7-14-27)17-19-9-8-10-22(39-4)23(19)28(29,30)31/h8-12,16H,5-7,13-15,17H2,1-4H3,(H,33,36). The van der Waals surface area contributed by atoms with Crippen LogP contribution in [0.1, 0.15) is 78.4 Å². The minimum atomic E-state index is -4.63. The van der Waals surface area contributed by atoms with Crippen LogP contribution >= 0.6 is 0 Å². The van der Waals surface area contributed by atoms with Crippen molar-refractivity contribution < 1.29 is 31.1 Å². The number of halogens is 3. The van der Waals surface area contributed by atoms with Crippen molar-refractivity contribution in [2.24, 2.45) is 0 Å². The third-order valence-electron chi connectivity index (χ3n) is 7.59. The predicted octanol–water partition coefficient (Wildman–Crippen LogP) is 5.22. The van der Waals surface area contributed by atoms with Crippen LogP contribution in [0.15, 0.2) is 41.4 Å². The van der Waals surface area contributed by atoms with Crippen molar-refractivity contribution in [2.45, 2.75) is 76.0 Å². The highest BCUT2D eigenvalue weighted by Crippen LogP contribution is 2.43. The number of carbonyl (C=O) groups excluding carboxylic acids is 1. The lowest BCUT2D eigenvalue weighted by atomic mass is 9.87. The molecule has 1 saturated carbocycles. The number of alkyl halides is 3. The summed E-state index contributed by atoms with van der Waals surface area (Å²) in [4.78, 5) is 22.2. The summed E-state index contributed by atoms with van der Waals surface area (Å²) in [7, 11) is -2.19.